The Morgan fingerprint density at radius 3 is 2.74 bits per heavy atom. The molecule has 7 heteroatoms. The molecule has 1 aliphatic rings. The standard InChI is InChI=1S/C12H15N3O3S/c1-7(2)13-12(19)15-14-11(16)8-3-4-9-10(5-8)18-6-17-9/h3-5,7H,6H2,1-2H3,(H,14,16)(H2,13,15,19). The molecule has 0 saturated heterocycles. The smallest absolute Gasteiger partial charge is 0.269 e. The third-order valence-electron chi connectivity index (χ3n) is 2.34. The van der Waals surface area contributed by atoms with Crippen molar-refractivity contribution in [1.82, 2.24) is 16.2 Å². The number of hydrazine groups is 1. The topological polar surface area (TPSA) is 71.6 Å². The lowest BCUT2D eigenvalue weighted by molar-refractivity contribution is 0.0943. The molecule has 0 bridgehead atoms. The van der Waals surface area contributed by atoms with Crippen LogP contribution >= 0.6 is 12.2 Å². The van der Waals surface area contributed by atoms with Gasteiger partial charge < -0.3 is 14.8 Å². The van der Waals surface area contributed by atoms with Gasteiger partial charge in [-0.25, -0.2) is 0 Å². The van der Waals surface area contributed by atoms with Crippen LogP contribution in [0.4, 0.5) is 0 Å². The predicted molar refractivity (Wildman–Crippen MR) is 74.0 cm³/mol. The van der Waals surface area contributed by atoms with Gasteiger partial charge in [-0.05, 0) is 44.3 Å². The molecule has 1 heterocycles. The Morgan fingerprint density at radius 2 is 2.00 bits per heavy atom. The van der Waals surface area contributed by atoms with E-state index in [1.165, 1.54) is 0 Å². The van der Waals surface area contributed by atoms with Gasteiger partial charge in [0, 0.05) is 11.6 Å². The van der Waals surface area contributed by atoms with Crippen LogP contribution in [0.25, 0.3) is 0 Å². The first-order valence-corrected chi connectivity index (χ1v) is 6.23. The Labute approximate surface area is 116 Å². The molecule has 0 radical (unpaired) electrons. The highest BCUT2D eigenvalue weighted by Gasteiger charge is 2.16. The van der Waals surface area contributed by atoms with Crippen molar-refractivity contribution < 1.29 is 14.3 Å². The van der Waals surface area contributed by atoms with Gasteiger partial charge in [0.1, 0.15) is 0 Å². The van der Waals surface area contributed by atoms with Crippen molar-refractivity contribution in [1.29, 1.82) is 0 Å². The first-order chi connectivity index (χ1) is 9.06. The lowest BCUT2D eigenvalue weighted by atomic mass is 10.2. The van der Waals surface area contributed by atoms with Gasteiger partial charge in [0.05, 0.1) is 0 Å². The van der Waals surface area contributed by atoms with Crippen LogP contribution in [0.5, 0.6) is 11.5 Å². The van der Waals surface area contributed by atoms with Crippen LogP contribution in [-0.2, 0) is 0 Å². The first kappa shape index (κ1) is 13.4. The van der Waals surface area contributed by atoms with Gasteiger partial charge in [-0.1, -0.05) is 0 Å². The van der Waals surface area contributed by atoms with E-state index in [0.29, 0.717) is 22.2 Å². The molecule has 0 aromatic heterocycles. The van der Waals surface area contributed by atoms with E-state index in [1.54, 1.807) is 18.2 Å². The number of amides is 1. The zero-order chi connectivity index (χ0) is 13.8. The molecule has 1 aromatic carbocycles. The maximum absolute atomic E-state index is 11.9. The molecule has 0 saturated carbocycles. The summed E-state index contributed by atoms with van der Waals surface area (Å²) in [7, 11) is 0. The minimum atomic E-state index is -0.300. The van der Waals surface area contributed by atoms with Gasteiger partial charge >= 0.3 is 0 Å². The number of benzene rings is 1. The van der Waals surface area contributed by atoms with Gasteiger partial charge in [-0.2, -0.15) is 0 Å². The second-order valence-electron chi connectivity index (χ2n) is 4.28. The minimum Gasteiger partial charge on any atom is -0.454 e. The molecule has 19 heavy (non-hydrogen) atoms. The van der Waals surface area contributed by atoms with E-state index >= 15 is 0 Å². The first-order valence-electron chi connectivity index (χ1n) is 5.83. The van der Waals surface area contributed by atoms with Crippen molar-refractivity contribution in [3.63, 3.8) is 0 Å². The van der Waals surface area contributed by atoms with Gasteiger partial charge in [0.25, 0.3) is 5.91 Å². The maximum atomic E-state index is 11.9. The van der Waals surface area contributed by atoms with Gasteiger partial charge in [-0.15, -0.1) is 0 Å². The monoisotopic (exact) mass is 281 g/mol. The van der Waals surface area contributed by atoms with Crippen LogP contribution in [-0.4, -0.2) is 23.9 Å². The summed E-state index contributed by atoms with van der Waals surface area (Å²) in [5.74, 6) is 0.906. The third-order valence-corrected chi connectivity index (χ3v) is 2.56. The SMILES string of the molecule is CC(C)NC(=S)NNC(=O)c1ccc2c(c1)OCO2. The van der Waals surface area contributed by atoms with Crippen molar-refractivity contribution in [3.8, 4) is 11.5 Å². The molecule has 1 aromatic rings. The average Bonchev–Trinajstić information content (AvgIpc) is 2.82. The fourth-order valence-electron chi connectivity index (χ4n) is 1.52. The lowest BCUT2D eigenvalue weighted by Crippen LogP contribution is -2.48. The summed E-state index contributed by atoms with van der Waals surface area (Å²) in [6.45, 7) is 4.09. The quantitative estimate of drug-likeness (QED) is 0.553. The largest absolute Gasteiger partial charge is 0.454 e. The molecule has 6 nitrogen and oxygen atoms in total. The molecular weight excluding hydrogens is 266 g/mol. The van der Waals surface area contributed by atoms with Gasteiger partial charge in [-0.3, -0.25) is 15.6 Å². The average molecular weight is 281 g/mol. The van der Waals surface area contributed by atoms with Crippen molar-refractivity contribution in [2.45, 2.75) is 19.9 Å². The summed E-state index contributed by atoms with van der Waals surface area (Å²) in [6.07, 6.45) is 0. The number of carbonyl (C=O) groups excluding carboxylic acids is 1. The van der Waals surface area contributed by atoms with Crippen LogP contribution in [0.15, 0.2) is 18.2 Å². The van der Waals surface area contributed by atoms with Crippen molar-refractivity contribution >= 4 is 23.2 Å². The van der Waals surface area contributed by atoms with E-state index in [2.05, 4.69) is 16.2 Å². The fourth-order valence-corrected chi connectivity index (χ4v) is 1.81. The zero-order valence-electron chi connectivity index (χ0n) is 10.6. The summed E-state index contributed by atoms with van der Waals surface area (Å²) >= 11 is 5.00. The fraction of sp³-hybridized carbons (Fsp3) is 0.333. The number of hydrogen-bond donors (Lipinski definition) is 3. The highest BCUT2D eigenvalue weighted by atomic mass is 32.1. The number of fused-ring (bicyclic) bond motifs is 1. The van der Waals surface area contributed by atoms with Crippen molar-refractivity contribution in [2.75, 3.05) is 6.79 Å². The number of thiocarbonyl (C=S) groups is 1. The van der Waals surface area contributed by atoms with Crippen LogP contribution in [0.3, 0.4) is 0 Å². The lowest BCUT2D eigenvalue weighted by Gasteiger charge is -2.13. The Hall–Kier alpha value is -2.02. The number of carbonyl (C=O) groups is 1. The molecule has 2 rings (SSSR count). The molecule has 3 N–H and O–H groups in total. The summed E-state index contributed by atoms with van der Waals surface area (Å²) in [5, 5.41) is 3.32. The van der Waals surface area contributed by atoms with Crippen LogP contribution in [0, 0.1) is 0 Å². The Kier molecular flexibility index (Phi) is 4.06. The van der Waals surface area contributed by atoms with E-state index in [4.69, 9.17) is 21.7 Å². The maximum Gasteiger partial charge on any atom is 0.269 e. The molecule has 102 valence electrons. The van der Waals surface area contributed by atoms with Crippen LogP contribution in [0.1, 0.15) is 24.2 Å². The number of rotatable bonds is 2. The Morgan fingerprint density at radius 1 is 1.26 bits per heavy atom. The highest BCUT2D eigenvalue weighted by Crippen LogP contribution is 2.32. The van der Waals surface area contributed by atoms with Crippen molar-refractivity contribution in [3.05, 3.63) is 23.8 Å². The third kappa shape index (κ3) is 3.47. The number of ether oxygens (including phenoxy) is 2. The molecule has 0 atom stereocenters. The molecule has 0 aliphatic carbocycles. The van der Waals surface area contributed by atoms with Crippen LogP contribution < -0.4 is 25.6 Å². The zero-order valence-corrected chi connectivity index (χ0v) is 11.5. The Balaban J connectivity index is 1.91. The summed E-state index contributed by atoms with van der Waals surface area (Å²) < 4.78 is 10.4. The van der Waals surface area contributed by atoms with Gasteiger partial charge in [0.15, 0.2) is 16.6 Å². The summed E-state index contributed by atoms with van der Waals surface area (Å²) in [4.78, 5) is 11.9. The molecular formula is C12H15N3O3S. The molecule has 0 fully saturated rings. The Bertz CT molecular complexity index is 505. The number of hydrogen-bond acceptors (Lipinski definition) is 4. The molecule has 1 amide bonds. The van der Waals surface area contributed by atoms with E-state index in [0.717, 1.165) is 0 Å². The normalized spacial score (nSPS) is 12.2. The molecule has 1 aliphatic heterocycles. The summed E-state index contributed by atoms with van der Waals surface area (Å²) in [5.41, 5.74) is 5.60. The predicted octanol–water partition coefficient (Wildman–Crippen LogP) is 0.933. The van der Waals surface area contributed by atoms with E-state index in [1.807, 2.05) is 13.8 Å². The van der Waals surface area contributed by atoms with Crippen LogP contribution in [0.2, 0.25) is 0 Å². The van der Waals surface area contributed by atoms with E-state index in [9.17, 15) is 4.79 Å². The second kappa shape index (κ2) is 5.75. The van der Waals surface area contributed by atoms with Crippen molar-refractivity contribution in [2.24, 2.45) is 0 Å². The minimum absolute atomic E-state index is 0.182. The van der Waals surface area contributed by atoms with E-state index < -0.39 is 0 Å². The summed E-state index contributed by atoms with van der Waals surface area (Å²) in [6, 6.07) is 5.17. The second-order valence-corrected chi connectivity index (χ2v) is 4.68. The van der Waals surface area contributed by atoms with Gasteiger partial charge in [0.2, 0.25) is 6.79 Å². The number of nitrogens with one attached hydrogen (secondary N) is 3. The highest BCUT2D eigenvalue weighted by molar-refractivity contribution is 7.80. The van der Waals surface area contributed by atoms with E-state index in [-0.39, 0.29) is 18.7 Å². The molecule has 0 unspecified atom stereocenters. The molecule has 0 spiro atoms.